The third kappa shape index (κ3) is 8.99. The zero-order valence-corrected chi connectivity index (χ0v) is 25.6. The van der Waals surface area contributed by atoms with Gasteiger partial charge in [-0.2, -0.15) is 26.3 Å². The first-order chi connectivity index (χ1) is 21.3. The zero-order chi connectivity index (χ0) is 32.8. The second-order valence-corrected chi connectivity index (χ2v) is 11.5. The molecule has 2 amide bonds. The molecule has 4 rings (SSSR count). The standard InChI is InChI=1S/C30H27F6N3O4S2/c1-17-4-6-22(25(12-17)43-21-5-7-24(41-2)26(16-21)42-3)23-8-11-44-27(23)45-38-10-9-37-28(40)39-20-14-18(29(31,32)33)13-19(15-20)30(34,35)36/h4-8,11-16,38H,9-10H2,1-3H3,(H2,37,39,40). The van der Waals surface area contributed by atoms with E-state index in [0.717, 1.165) is 20.9 Å². The fourth-order valence-electron chi connectivity index (χ4n) is 4.06. The number of alkyl halides is 6. The lowest BCUT2D eigenvalue weighted by Gasteiger charge is -2.15. The van der Waals surface area contributed by atoms with Gasteiger partial charge in [-0.1, -0.05) is 12.1 Å². The number of benzene rings is 3. The van der Waals surface area contributed by atoms with Crippen molar-refractivity contribution in [3.63, 3.8) is 0 Å². The molecule has 3 N–H and O–H groups in total. The van der Waals surface area contributed by atoms with Gasteiger partial charge in [-0.05, 0) is 72.3 Å². The molecule has 0 saturated carbocycles. The number of ether oxygens (including phenoxy) is 3. The van der Waals surface area contributed by atoms with Gasteiger partial charge in [0.05, 0.1) is 29.6 Å². The number of carbonyl (C=O) groups excluding carboxylic acids is 1. The highest BCUT2D eigenvalue weighted by Crippen LogP contribution is 2.42. The molecule has 1 heterocycles. The molecular weight excluding hydrogens is 644 g/mol. The first-order valence-corrected chi connectivity index (χ1v) is 14.8. The van der Waals surface area contributed by atoms with E-state index in [1.807, 2.05) is 41.9 Å². The van der Waals surface area contributed by atoms with E-state index in [0.29, 0.717) is 35.1 Å². The molecule has 1 aromatic heterocycles. The van der Waals surface area contributed by atoms with Gasteiger partial charge in [-0.15, -0.1) is 11.3 Å². The average molecular weight is 672 g/mol. The summed E-state index contributed by atoms with van der Waals surface area (Å²) in [6, 6.07) is 12.9. The first kappa shape index (κ1) is 33.8. The van der Waals surface area contributed by atoms with Crippen LogP contribution in [0.15, 0.2) is 70.3 Å². The molecule has 0 aliphatic carbocycles. The summed E-state index contributed by atoms with van der Waals surface area (Å²) in [5.74, 6) is 2.24. The SMILES string of the molecule is COc1ccc(Oc2cc(C)ccc2-c2ccsc2SNCCNC(=O)Nc2cc(C(F)(F)F)cc(C(F)(F)F)c2)cc1OC. The van der Waals surface area contributed by atoms with Crippen LogP contribution in [-0.4, -0.2) is 33.3 Å². The fraction of sp³-hybridized carbons (Fsp3) is 0.233. The number of urea groups is 1. The van der Waals surface area contributed by atoms with Gasteiger partial charge in [-0.25, -0.2) is 4.79 Å². The Morgan fingerprint density at radius 2 is 1.49 bits per heavy atom. The Morgan fingerprint density at radius 3 is 2.13 bits per heavy atom. The fourth-order valence-corrected chi connectivity index (χ4v) is 5.86. The van der Waals surface area contributed by atoms with Crippen LogP contribution < -0.4 is 29.6 Å². The normalized spacial score (nSPS) is 11.7. The maximum Gasteiger partial charge on any atom is 0.416 e. The van der Waals surface area contributed by atoms with Crippen molar-refractivity contribution in [3.8, 4) is 34.1 Å². The van der Waals surface area contributed by atoms with E-state index >= 15 is 0 Å². The van der Waals surface area contributed by atoms with Gasteiger partial charge >= 0.3 is 18.4 Å². The molecule has 0 atom stereocenters. The van der Waals surface area contributed by atoms with Crippen LogP contribution >= 0.6 is 23.3 Å². The molecule has 7 nitrogen and oxygen atoms in total. The van der Waals surface area contributed by atoms with Crippen LogP contribution in [0.25, 0.3) is 11.1 Å². The molecule has 0 saturated heterocycles. The Balaban J connectivity index is 1.36. The summed E-state index contributed by atoms with van der Waals surface area (Å²) in [6.45, 7) is 2.21. The first-order valence-electron chi connectivity index (χ1n) is 13.1. The Labute approximate surface area is 263 Å². The molecule has 0 aliphatic heterocycles. The Hall–Kier alpha value is -4.08. The second kappa shape index (κ2) is 14.3. The van der Waals surface area contributed by atoms with E-state index in [1.54, 1.807) is 25.3 Å². The summed E-state index contributed by atoms with van der Waals surface area (Å²) in [5, 5.41) is 6.36. The smallest absolute Gasteiger partial charge is 0.416 e. The lowest BCUT2D eigenvalue weighted by atomic mass is 10.1. The van der Waals surface area contributed by atoms with Crippen molar-refractivity contribution in [1.29, 1.82) is 0 Å². The van der Waals surface area contributed by atoms with Crippen LogP contribution in [0.1, 0.15) is 16.7 Å². The van der Waals surface area contributed by atoms with E-state index in [2.05, 4.69) is 10.0 Å². The van der Waals surface area contributed by atoms with Crippen molar-refractivity contribution >= 4 is 35.0 Å². The summed E-state index contributed by atoms with van der Waals surface area (Å²) in [4.78, 5) is 12.2. The molecule has 0 radical (unpaired) electrons. The lowest BCUT2D eigenvalue weighted by molar-refractivity contribution is -0.143. The minimum Gasteiger partial charge on any atom is -0.493 e. The van der Waals surface area contributed by atoms with Crippen molar-refractivity contribution in [1.82, 2.24) is 10.0 Å². The van der Waals surface area contributed by atoms with Crippen LogP contribution in [0.4, 0.5) is 36.8 Å². The number of nitrogens with one attached hydrogen (secondary N) is 3. The summed E-state index contributed by atoms with van der Waals surface area (Å²) in [5.41, 5.74) is -0.974. The van der Waals surface area contributed by atoms with Crippen molar-refractivity contribution in [2.75, 3.05) is 32.6 Å². The third-order valence-electron chi connectivity index (χ3n) is 6.16. The number of thiophene rings is 1. The molecule has 240 valence electrons. The molecule has 0 spiro atoms. The quantitative estimate of drug-likeness (QED) is 0.0839. The van der Waals surface area contributed by atoms with Crippen molar-refractivity contribution in [3.05, 3.63) is 82.7 Å². The number of aryl methyl sites for hydroxylation is 1. The number of rotatable bonds is 11. The van der Waals surface area contributed by atoms with E-state index in [1.165, 1.54) is 30.4 Å². The Bertz CT molecular complexity index is 1610. The molecular formula is C30H27F6N3O4S2. The number of hydrogen-bond donors (Lipinski definition) is 3. The minimum absolute atomic E-state index is 0.00895. The number of halogens is 6. The molecule has 4 aromatic rings. The maximum atomic E-state index is 13.1. The van der Waals surface area contributed by atoms with E-state index in [-0.39, 0.29) is 19.2 Å². The van der Waals surface area contributed by atoms with Gasteiger partial charge in [0.1, 0.15) is 11.5 Å². The maximum absolute atomic E-state index is 13.1. The van der Waals surface area contributed by atoms with Gasteiger partial charge in [-0.3, -0.25) is 4.72 Å². The summed E-state index contributed by atoms with van der Waals surface area (Å²) < 4.78 is 99.4. The van der Waals surface area contributed by atoms with Crippen molar-refractivity contribution in [2.24, 2.45) is 0 Å². The molecule has 0 fully saturated rings. The van der Waals surface area contributed by atoms with E-state index in [9.17, 15) is 31.1 Å². The highest BCUT2D eigenvalue weighted by molar-refractivity contribution is 7.99. The minimum atomic E-state index is -5.02. The largest absolute Gasteiger partial charge is 0.493 e. The topological polar surface area (TPSA) is 80.9 Å². The van der Waals surface area contributed by atoms with Crippen LogP contribution in [0.3, 0.4) is 0 Å². The van der Waals surface area contributed by atoms with Gasteiger partial charge in [0.25, 0.3) is 0 Å². The van der Waals surface area contributed by atoms with Crippen LogP contribution in [0.2, 0.25) is 0 Å². The van der Waals surface area contributed by atoms with Crippen molar-refractivity contribution < 1.29 is 45.3 Å². The third-order valence-corrected chi connectivity index (χ3v) is 8.16. The summed E-state index contributed by atoms with van der Waals surface area (Å²) >= 11 is 2.77. The highest BCUT2D eigenvalue weighted by atomic mass is 32.2. The Kier molecular flexibility index (Phi) is 10.8. The van der Waals surface area contributed by atoms with Crippen molar-refractivity contribution in [2.45, 2.75) is 23.5 Å². The molecule has 45 heavy (non-hydrogen) atoms. The number of methoxy groups -OCH3 is 2. The summed E-state index contributed by atoms with van der Waals surface area (Å²) in [6.07, 6.45) is -10.0. The predicted octanol–water partition coefficient (Wildman–Crippen LogP) is 8.99. The monoisotopic (exact) mass is 671 g/mol. The van der Waals surface area contributed by atoms with Gasteiger partial charge < -0.3 is 24.8 Å². The van der Waals surface area contributed by atoms with E-state index < -0.39 is 35.2 Å². The number of anilines is 1. The highest BCUT2D eigenvalue weighted by Gasteiger charge is 2.37. The average Bonchev–Trinajstić information content (AvgIpc) is 3.44. The van der Waals surface area contributed by atoms with Gasteiger partial charge in [0, 0.05) is 36.0 Å². The summed E-state index contributed by atoms with van der Waals surface area (Å²) in [7, 11) is 3.08. The Morgan fingerprint density at radius 1 is 0.800 bits per heavy atom. The molecule has 0 bridgehead atoms. The van der Waals surface area contributed by atoms with Crippen LogP contribution in [-0.2, 0) is 12.4 Å². The predicted molar refractivity (Wildman–Crippen MR) is 161 cm³/mol. The second-order valence-electron chi connectivity index (χ2n) is 9.41. The van der Waals surface area contributed by atoms with Gasteiger partial charge in [0.2, 0.25) is 0 Å². The molecule has 0 aliphatic rings. The molecule has 15 heteroatoms. The van der Waals surface area contributed by atoms with Gasteiger partial charge in [0.15, 0.2) is 11.5 Å². The van der Waals surface area contributed by atoms with Crippen LogP contribution in [0.5, 0.6) is 23.0 Å². The molecule has 0 unspecified atom stereocenters. The number of carbonyl (C=O) groups is 1. The molecule has 3 aromatic carbocycles. The van der Waals surface area contributed by atoms with E-state index in [4.69, 9.17) is 14.2 Å². The lowest BCUT2D eigenvalue weighted by Crippen LogP contribution is -2.33. The van der Waals surface area contributed by atoms with Crippen LogP contribution in [0, 0.1) is 6.92 Å². The number of amides is 2. The number of hydrogen-bond acceptors (Lipinski definition) is 7. The zero-order valence-electron chi connectivity index (χ0n) is 24.0.